The van der Waals surface area contributed by atoms with E-state index in [1.54, 1.807) is 0 Å². The van der Waals surface area contributed by atoms with E-state index in [1.807, 2.05) is 11.3 Å². The maximum Gasteiger partial charge on any atom is 0.143 e. The number of benzene rings is 11. The van der Waals surface area contributed by atoms with Crippen molar-refractivity contribution in [3.63, 3.8) is 0 Å². The van der Waals surface area contributed by atoms with E-state index in [-0.39, 0.29) is 0 Å². The SMILES string of the molecule is c1ccc2c(c1)ccc1c2oc2c3ccc(-c4ccc(-c5c6ccccc6c(-c6ccc7sc8ccccc8c7c6)c6ccccc56)cc4)cc3c3ccccc3c12. The van der Waals surface area contributed by atoms with E-state index in [2.05, 4.69) is 194 Å². The van der Waals surface area contributed by atoms with Gasteiger partial charge in [0.15, 0.2) is 0 Å². The first kappa shape index (κ1) is 31.9. The molecule has 0 aliphatic carbocycles. The third-order valence-corrected chi connectivity index (χ3v) is 13.6. The number of thiophene rings is 1. The Kier molecular flexibility index (Phi) is 6.66. The molecule has 0 atom stereocenters. The van der Waals surface area contributed by atoms with Crippen molar-refractivity contribution in [2.75, 3.05) is 0 Å². The minimum absolute atomic E-state index is 0.952. The molecule has 58 heavy (non-hydrogen) atoms. The van der Waals surface area contributed by atoms with Gasteiger partial charge in [-0.05, 0) is 113 Å². The highest BCUT2D eigenvalue weighted by molar-refractivity contribution is 7.25. The van der Waals surface area contributed by atoms with Crippen LogP contribution in [0.4, 0.5) is 0 Å². The van der Waals surface area contributed by atoms with Crippen LogP contribution in [0.15, 0.2) is 199 Å². The Balaban J connectivity index is 0.972. The maximum atomic E-state index is 6.84. The zero-order valence-electron chi connectivity index (χ0n) is 31.3. The normalized spacial score (nSPS) is 12.1. The molecule has 0 N–H and O–H groups in total. The highest BCUT2D eigenvalue weighted by Gasteiger charge is 2.20. The van der Waals surface area contributed by atoms with Crippen LogP contribution in [0.1, 0.15) is 0 Å². The van der Waals surface area contributed by atoms with Gasteiger partial charge in [-0.1, -0.05) is 158 Å². The smallest absolute Gasteiger partial charge is 0.143 e. The third-order valence-electron chi connectivity index (χ3n) is 12.4. The Hall–Kier alpha value is -7.26. The molecular weight excluding hydrogens is 721 g/mol. The van der Waals surface area contributed by atoms with Crippen LogP contribution in [-0.2, 0) is 0 Å². The van der Waals surface area contributed by atoms with Gasteiger partial charge in [0.25, 0.3) is 0 Å². The predicted molar refractivity (Wildman–Crippen MR) is 250 cm³/mol. The molecule has 0 aliphatic rings. The molecule has 2 heterocycles. The first-order chi connectivity index (χ1) is 28.8. The van der Waals surface area contributed by atoms with Crippen molar-refractivity contribution in [2.45, 2.75) is 0 Å². The van der Waals surface area contributed by atoms with Gasteiger partial charge in [-0.3, -0.25) is 0 Å². The summed E-state index contributed by atoms with van der Waals surface area (Å²) in [6, 6.07) is 71.5. The lowest BCUT2D eigenvalue weighted by molar-refractivity contribution is 0.676. The highest BCUT2D eigenvalue weighted by atomic mass is 32.1. The quantitative estimate of drug-likeness (QED) is 0.129. The Morgan fingerprint density at radius 3 is 1.53 bits per heavy atom. The molecule has 13 rings (SSSR count). The predicted octanol–water partition coefficient (Wildman–Crippen LogP) is 16.7. The summed E-state index contributed by atoms with van der Waals surface area (Å²) < 4.78 is 9.49. The molecule has 1 nitrogen and oxygen atoms in total. The van der Waals surface area contributed by atoms with Gasteiger partial charge in [0.1, 0.15) is 11.2 Å². The molecule has 0 aliphatic heterocycles. The summed E-state index contributed by atoms with van der Waals surface area (Å²) in [4.78, 5) is 0. The van der Waals surface area contributed by atoms with Crippen molar-refractivity contribution >= 4 is 107 Å². The van der Waals surface area contributed by atoms with E-state index in [0.717, 1.165) is 27.3 Å². The topological polar surface area (TPSA) is 13.1 Å². The second-order valence-electron chi connectivity index (χ2n) is 15.5. The summed E-state index contributed by atoms with van der Waals surface area (Å²) in [6.07, 6.45) is 0. The molecule has 2 aromatic heterocycles. The van der Waals surface area contributed by atoms with E-state index in [0.29, 0.717) is 0 Å². The average Bonchev–Trinajstić information content (AvgIpc) is 3.87. The molecular formula is C56H32OS. The maximum absolute atomic E-state index is 6.84. The standard InChI is InChI=1S/C56H32OS/c1-2-12-38-34(11-1)25-29-47-54-41-15-4-3-13-39(41)48-31-36(26-28-46(48)56(54)57-55(38)47)33-21-23-35(24-22-33)52-42-16-5-7-18-44(42)53(45-19-8-6-17-43(45)52)37-27-30-51-49(32-37)40-14-9-10-20-50(40)58-51/h1-32H. The van der Waals surface area contributed by atoms with Crippen molar-refractivity contribution in [1.82, 2.24) is 0 Å². The summed E-state index contributed by atoms with van der Waals surface area (Å²) in [5.74, 6) is 0. The van der Waals surface area contributed by atoms with Crippen molar-refractivity contribution in [2.24, 2.45) is 0 Å². The molecule has 11 aromatic carbocycles. The molecule has 0 fully saturated rings. The van der Waals surface area contributed by atoms with Gasteiger partial charge in [-0.15, -0.1) is 11.3 Å². The van der Waals surface area contributed by atoms with Crippen LogP contribution in [0.25, 0.3) is 129 Å². The summed E-state index contributed by atoms with van der Waals surface area (Å²) >= 11 is 1.87. The lowest BCUT2D eigenvalue weighted by atomic mass is 9.85. The van der Waals surface area contributed by atoms with Gasteiger partial charge in [0.05, 0.1) is 0 Å². The fraction of sp³-hybridized carbons (Fsp3) is 0. The first-order valence-electron chi connectivity index (χ1n) is 19.9. The van der Waals surface area contributed by atoms with Gasteiger partial charge in [0.2, 0.25) is 0 Å². The minimum atomic E-state index is 0.952. The minimum Gasteiger partial charge on any atom is -0.455 e. The largest absolute Gasteiger partial charge is 0.455 e. The van der Waals surface area contributed by atoms with Gasteiger partial charge >= 0.3 is 0 Å². The lowest BCUT2D eigenvalue weighted by Crippen LogP contribution is -1.91. The van der Waals surface area contributed by atoms with Crippen LogP contribution in [0.5, 0.6) is 0 Å². The molecule has 268 valence electrons. The monoisotopic (exact) mass is 752 g/mol. The fourth-order valence-corrected chi connectivity index (χ4v) is 10.9. The van der Waals surface area contributed by atoms with E-state index < -0.39 is 0 Å². The number of hydrogen-bond acceptors (Lipinski definition) is 2. The van der Waals surface area contributed by atoms with Crippen LogP contribution in [0, 0.1) is 0 Å². The van der Waals surface area contributed by atoms with Crippen LogP contribution >= 0.6 is 11.3 Å². The average molecular weight is 753 g/mol. The van der Waals surface area contributed by atoms with E-state index in [1.165, 1.54) is 102 Å². The van der Waals surface area contributed by atoms with Crippen molar-refractivity contribution in [3.05, 3.63) is 194 Å². The number of rotatable bonds is 3. The van der Waals surface area contributed by atoms with Crippen LogP contribution in [-0.4, -0.2) is 0 Å². The number of furan rings is 1. The molecule has 0 unspecified atom stereocenters. The molecule has 0 saturated heterocycles. The molecule has 13 aromatic rings. The van der Waals surface area contributed by atoms with Crippen LogP contribution in [0.2, 0.25) is 0 Å². The summed E-state index contributed by atoms with van der Waals surface area (Å²) in [6.45, 7) is 0. The zero-order chi connectivity index (χ0) is 37.9. The lowest BCUT2D eigenvalue weighted by Gasteiger charge is -2.18. The Morgan fingerprint density at radius 1 is 0.276 bits per heavy atom. The zero-order valence-corrected chi connectivity index (χ0v) is 32.1. The molecule has 0 spiro atoms. The van der Waals surface area contributed by atoms with Gasteiger partial charge in [0, 0.05) is 41.7 Å². The van der Waals surface area contributed by atoms with Gasteiger partial charge in [-0.25, -0.2) is 0 Å². The number of hydrogen-bond donors (Lipinski definition) is 0. The Labute approximate surface area is 337 Å². The van der Waals surface area contributed by atoms with Crippen molar-refractivity contribution in [1.29, 1.82) is 0 Å². The highest BCUT2D eigenvalue weighted by Crippen LogP contribution is 2.47. The second-order valence-corrected chi connectivity index (χ2v) is 16.6. The van der Waals surface area contributed by atoms with Crippen molar-refractivity contribution < 1.29 is 4.42 Å². The van der Waals surface area contributed by atoms with Gasteiger partial charge in [-0.2, -0.15) is 0 Å². The first-order valence-corrected chi connectivity index (χ1v) is 20.7. The third kappa shape index (κ3) is 4.52. The summed E-state index contributed by atoms with van der Waals surface area (Å²) in [5.41, 5.74) is 9.31. The number of fused-ring (bicyclic) bond motifs is 15. The van der Waals surface area contributed by atoms with Crippen molar-refractivity contribution in [3.8, 4) is 33.4 Å². The molecule has 0 saturated carbocycles. The molecule has 0 bridgehead atoms. The summed E-state index contributed by atoms with van der Waals surface area (Å²) in [7, 11) is 0. The van der Waals surface area contributed by atoms with E-state index in [9.17, 15) is 0 Å². The molecule has 0 amide bonds. The Bertz CT molecular complexity index is 3790. The molecule has 0 radical (unpaired) electrons. The van der Waals surface area contributed by atoms with E-state index in [4.69, 9.17) is 4.42 Å². The van der Waals surface area contributed by atoms with E-state index >= 15 is 0 Å². The second kappa shape index (κ2) is 12.1. The van der Waals surface area contributed by atoms with Crippen LogP contribution < -0.4 is 0 Å². The van der Waals surface area contributed by atoms with Crippen LogP contribution in [0.3, 0.4) is 0 Å². The Morgan fingerprint density at radius 2 is 0.793 bits per heavy atom. The fourth-order valence-electron chi connectivity index (χ4n) is 9.82. The van der Waals surface area contributed by atoms with Gasteiger partial charge < -0.3 is 4.42 Å². The summed E-state index contributed by atoms with van der Waals surface area (Å²) in [5, 5.41) is 17.2. The molecule has 2 heteroatoms.